The van der Waals surface area contributed by atoms with Crippen LogP contribution in [-0.4, -0.2) is 46.9 Å². The quantitative estimate of drug-likeness (QED) is 0.452. The average molecular weight is 267 g/mol. The highest BCUT2D eigenvalue weighted by molar-refractivity contribution is 6.39. The summed E-state index contributed by atoms with van der Waals surface area (Å²) in [6.07, 6.45) is 0. The fourth-order valence-electron chi connectivity index (χ4n) is 1.31. The van der Waals surface area contributed by atoms with Gasteiger partial charge < -0.3 is 15.3 Å². The van der Waals surface area contributed by atoms with E-state index in [1.807, 2.05) is 0 Å². The molecule has 0 saturated carbocycles. The van der Waals surface area contributed by atoms with Crippen molar-refractivity contribution in [2.24, 2.45) is 0 Å². The molecule has 2 N–H and O–H groups in total. The molecule has 0 aliphatic heterocycles. The van der Waals surface area contributed by atoms with Crippen LogP contribution in [-0.2, 0) is 9.59 Å². The molecule has 0 radical (unpaired) electrons. The molecule has 0 unspecified atom stereocenters. The maximum Gasteiger partial charge on any atom is 0.313 e. The van der Waals surface area contributed by atoms with E-state index in [9.17, 15) is 19.7 Å². The third kappa shape index (κ3) is 4.03. The Morgan fingerprint density at radius 1 is 1.47 bits per heavy atom. The first-order valence-corrected chi connectivity index (χ1v) is 5.37. The van der Waals surface area contributed by atoms with Gasteiger partial charge in [0.15, 0.2) is 0 Å². The number of amides is 2. The van der Waals surface area contributed by atoms with Crippen molar-refractivity contribution >= 4 is 23.2 Å². The number of anilines is 1. The molecule has 0 aliphatic rings. The summed E-state index contributed by atoms with van der Waals surface area (Å²) in [5.41, 5.74) is -0.0288. The number of rotatable bonds is 4. The van der Waals surface area contributed by atoms with E-state index in [1.165, 1.54) is 25.2 Å². The molecule has 19 heavy (non-hydrogen) atoms. The molecule has 0 fully saturated rings. The molecule has 0 atom stereocenters. The normalized spacial score (nSPS) is 9.79. The lowest BCUT2D eigenvalue weighted by Gasteiger charge is -2.14. The van der Waals surface area contributed by atoms with E-state index in [0.717, 1.165) is 11.0 Å². The zero-order chi connectivity index (χ0) is 14.4. The first-order valence-electron chi connectivity index (χ1n) is 5.37. The zero-order valence-corrected chi connectivity index (χ0v) is 10.2. The number of aliphatic hydroxyl groups excluding tert-OH is 1. The average Bonchev–Trinajstić information content (AvgIpc) is 2.38. The van der Waals surface area contributed by atoms with Gasteiger partial charge in [-0.15, -0.1) is 0 Å². The first kappa shape index (κ1) is 14.6. The number of hydrogen-bond acceptors (Lipinski definition) is 5. The molecule has 0 aliphatic carbocycles. The molecular weight excluding hydrogens is 254 g/mol. The van der Waals surface area contributed by atoms with Crippen LogP contribution in [0.5, 0.6) is 0 Å². The molecular formula is C11H13N3O5. The van der Waals surface area contributed by atoms with Gasteiger partial charge in [-0.05, 0) is 6.07 Å². The predicted molar refractivity (Wildman–Crippen MR) is 66.4 cm³/mol. The number of aliphatic hydroxyl groups is 1. The zero-order valence-electron chi connectivity index (χ0n) is 10.2. The topological polar surface area (TPSA) is 113 Å². The van der Waals surface area contributed by atoms with Crippen LogP contribution in [0.1, 0.15) is 0 Å². The van der Waals surface area contributed by atoms with Gasteiger partial charge in [0.2, 0.25) is 0 Å². The second-order valence-electron chi connectivity index (χ2n) is 3.71. The fourth-order valence-corrected chi connectivity index (χ4v) is 1.31. The molecule has 0 heterocycles. The van der Waals surface area contributed by atoms with E-state index in [2.05, 4.69) is 5.32 Å². The van der Waals surface area contributed by atoms with E-state index in [4.69, 9.17) is 5.11 Å². The maximum absolute atomic E-state index is 11.6. The number of nitro groups is 1. The van der Waals surface area contributed by atoms with Crippen molar-refractivity contribution < 1.29 is 19.6 Å². The number of benzene rings is 1. The summed E-state index contributed by atoms with van der Waals surface area (Å²) in [4.78, 5) is 34.1. The van der Waals surface area contributed by atoms with E-state index in [-0.39, 0.29) is 24.5 Å². The predicted octanol–water partition coefficient (Wildman–Crippen LogP) is -0.0160. The molecule has 0 saturated heterocycles. The maximum atomic E-state index is 11.6. The number of non-ortho nitro benzene ring substituents is 1. The van der Waals surface area contributed by atoms with Crippen LogP contribution in [0.25, 0.3) is 0 Å². The van der Waals surface area contributed by atoms with Crippen LogP contribution in [0.2, 0.25) is 0 Å². The van der Waals surface area contributed by atoms with Crippen LogP contribution in [0.4, 0.5) is 11.4 Å². The summed E-state index contributed by atoms with van der Waals surface area (Å²) in [6, 6.07) is 5.26. The molecule has 0 bridgehead atoms. The van der Waals surface area contributed by atoms with Gasteiger partial charge >= 0.3 is 11.8 Å². The van der Waals surface area contributed by atoms with Gasteiger partial charge in [0.1, 0.15) is 0 Å². The van der Waals surface area contributed by atoms with Gasteiger partial charge in [-0.25, -0.2) is 0 Å². The molecule has 0 aromatic heterocycles. The molecule has 2 amide bonds. The van der Waals surface area contributed by atoms with Gasteiger partial charge in [-0.1, -0.05) is 6.07 Å². The van der Waals surface area contributed by atoms with Gasteiger partial charge in [-0.2, -0.15) is 0 Å². The van der Waals surface area contributed by atoms with E-state index >= 15 is 0 Å². The molecule has 0 spiro atoms. The minimum Gasteiger partial charge on any atom is -0.395 e. The Kier molecular flexibility index (Phi) is 4.95. The Morgan fingerprint density at radius 3 is 2.74 bits per heavy atom. The first-order chi connectivity index (χ1) is 8.95. The minimum absolute atomic E-state index is 0.0290. The lowest BCUT2D eigenvalue weighted by molar-refractivity contribution is -0.384. The number of carbonyl (C=O) groups is 2. The van der Waals surface area contributed by atoms with Gasteiger partial charge in [0.25, 0.3) is 5.69 Å². The summed E-state index contributed by atoms with van der Waals surface area (Å²) in [5.74, 6) is -1.75. The van der Waals surface area contributed by atoms with Crippen LogP contribution in [0.3, 0.4) is 0 Å². The Labute approximate surface area is 108 Å². The number of nitrogens with zero attached hydrogens (tertiary/aromatic N) is 2. The Hall–Kier alpha value is -2.48. The number of nitrogens with one attached hydrogen (secondary N) is 1. The summed E-state index contributed by atoms with van der Waals surface area (Å²) < 4.78 is 0. The summed E-state index contributed by atoms with van der Waals surface area (Å²) >= 11 is 0. The second kappa shape index (κ2) is 6.45. The molecule has 1 aromatic rings. The van der Waals surface area contributed by atoms with Crippen molar-refractivity contribution in [3.63, 3.8) is 0 Å². The van der Waals surface area contributed by atoms with E-state index in [0.29, 0.717) is 0 Å². The van der Waals surface area contributed by atoms with Crippen molar-refractivity contribution in [3.05, 3.63) is 34.4 Å². The molecule has 1 rings (SSSR count). The molecule has 8 heteroatoms. The summed E-state index contributed by atoms with van der Waals surface area (Å²) in [7, 11) is 1.37. The lowest BCUT2D eigenvalue weighted by Crippen LogP contribution is -2.38. The van der Waals surface area contributed by atoms with Gasteiger partial charge in [0, 0.05) is 31.4 Å². The van der Waals surface area contributed by atoms with Crippen molar-refractivity contribution in [1.29, 1.82) is 0 Å². The van der Waals surface area contributed by atoms with Crippen LogP contribution in [0, 0.1) is 10.1 Å². The monoisotopic (exact) mass is 267 g/mol. The smallest absolute Gasteiger partial charge is 0.313 e. The third-order valence-corrected chi connectivity index (χ3v) is 2.29. The summed E-state index contributed by atoms with van der Waals surface area (Å²) in [6.45, 7) is -0.229. The van der Waals surface area contributed by atoms with Crippen LogP contribution >= 0.6 is 0 Å². The summed E-state index contributed by atoms with van der Waals surface area (Å²) in [5, 5.41) is 21.5. The minimum atomic E-state index is -0.920. The van der Waals surface area contributed by atoms with Gasteiger partial charge in [-0.3, -0.25) is 19.7 Å². The second-order valence-corrected chi connectivity index (χ2v) is 3.71. The standard InChI is InChI=1S/C11H13N3O5/c1-13(5-6-15)11(17)10(16)12-8-3-2-4-9(7-8)14(18)19/h2-4,7,15H,5-6H2,1H3,(H,12,16). The SMILES string of the molecule is CN(CCO)C(=O)C(=O)Nc1cccc([N+](=O)[O-])c1. The van der Waals surface area contributed by atoms with Crippen LogP contribution in [0.15, 0.2) is 24.3 Å². The highest BCUT2D eigenvalue weighted by Gasteiger charge is 2.18. The van der Waals surface area contributed by atoms with Crippen molar-refractivity contribution in [2.45, 2.75) is 0 Å². The fraction of sp³-hybridized carbons (Fsp3) is 0.273. The molecule has 1 aromatic carbocycles. The number of likely N-dealkylation sites (N-methyl/N-ethyl adjacent to an activating group) is 1. The highest BCUT2D eigenvalue weighted by Crippen LogP contribution is 2.16. The third-order valence-electron chi connectivity index (χ3n) is 2.29. The number of nitro benzene ring substituents is 1. The van der Waals surface area contributed by atoms with Gasteiger partial charge in [0.05, 0.1) is 11.5 Å². The van der Waals surface area contributed by atoms with Crippen molar-refractivity contribution in [1.82, 2.24) is 4.90 Å². The Balaban J connectivity index is 2.74. The van der Waals surface area contributed by atoms with E-state index < -0.39 is 16.7 Å². The Morgan fingerprint density at radius 2 is 2.16 bits per heavy atom. The molecule has 8 nitrogen and oxygen atoms in total. The largest absolute Gasteiger partial charge is 0.395 e. The van der Waals surface area contributed by atoms with E-state index in [1.54, 1.807) is 0 Å². The molecule has 102 valence electrons. The van der Waals surface area contributed by atoms with Crippen molar-refractivity contribution in [2.75, 3.05) is 25.5 Å². The van der Waals surface area contributed by atoms with Crippen molar-refractivity contribution in [3.8, 4) is 0 Å². The highest BCUT2D eigenvalue weighted by atomic mass is 16.6. The van der Waals surface area contributed by atoms with Crippen LogP contribution < -0.4 is 5.32 Å². The number of carbonyl (C=O) groups excluding carboxylic acids is 2. The Bertz CT molecular complexity index is 503. The number of hydrogen-bond donors (Lipinski definition) is 2. The lowest BCUT2D eigenvalue weighted by atomic mass is 10.3.